The van der Waals surface area contributed by atoms with Crippen LogP contribution in [0.15, 0.2) is 106 Å². The second-order valence-electron chi connectivity index (χ2n) is 12.8. The monoisotopic (exact) mass is 729 g/mol. The fourth-order valence-corrected chi connectivity index (χ4v) is 8.19. The number of aryl methyl sites for hydroxylation is 3. The third-order valence-corrected chi connectivity index (χ3v) is 11.3. The molecule has 0 heterocycles. The second kappa shape index (κ2) is 16.0. The van der Waals surface area contributed by atoms with Gasteiger partial charge in [-0.1, -0.05) is 107 Å². The van der Waals surface area contributed by atoms with Gasteiger partial charge in [-0.05, 0) is 86.2 Å². The zero-order chi connectivity index (χ0) is 34.3. The smallest absolute Gasteiger partial charge is 0.264 e. The first-order valence-corrected chi connectivity index (χ1v) is 18.8. The van der Waals surface area contributed by atoms with Crippen LogP contribution in [0.2, 0.25) is 0 Å². The van der Waals surface area contributed by atoms with Crippen LogP contribution in [0.4, 0.5) is 5.69 Å². The molecule has 1 atom stereocenters. The largest absolute Gasteiger partial charge is 0.352 e. The Morgan fingerprint density at radius 1 is 0.812 bits per heavy atom. The lowest BCUT2D eigenvalue weighted by molar-refractivity contribution is -0.140. The van der Waals surface area contributed by atoms with Crippen LogP contribution in [0, 0.1) is 20.8 Å². The number of carbonyl (C=O) groups is 2. The maximum atomic E-state index is 14.8. The van der Waals surface area contributed by atoms with Gasteiger partial charge in [0.15, 0.2) is 0 Å². The average molecular weight is 731 g/mol. The maximum absolute atomic E-state index is 14.8. The molecule has 4 aromatic carbocycles. The van der Waals surface area contributed by atoms with E-state index in [4.69, 9.17) is 0 Å². The number of rotatable bonds is 12. The number of amides is 2. The molecular weight excluding hydrogens is 686 g/mol. The molecule has 7 nitrogen and oxygen atoms in total. The molecule has 4 aromatic rings. The molecule has 1 aliphatic rings. The minimum absolute atomic E-state index is 0.0423. The predicted octanol–water partition coefficient (Wildman–Crippen LogP) is 7.66. The van der Waals surface area contributed by atoms with E-state index in [9.17, 15) is 18.0 Å². The summed E-state index contributed by atoms with van der Waals surface area (Å²) in [6, 6.07) is 28.7. The Labute approximate surface area is 293 Å². The molecule has 48 heavy (non-hydrogen) atoms. The topological polar surface area (TPSA) is 86.8 Å². The van der Waals surface area contributed by atoms with E-state index in [1.807, 2.05) is 87.5 Å². The van der Waals surface area contributed by atoms with Crippen molar-refractivity contribution >= 4 is 43.5 Å². The molecule has 1 aliphatic carbocycles. The summed E-state index contributed by atoms with van der Waals surface area (Å²) in [7, 11) is -4.17. The van der Waals surface area contributed by atoms with Crippen molar-refractivity contribution in [2.24, 2.45) is 0 Å². The molecule has 0 aliphatic heterocycles. The normalized spacial score (nSPS) is 14.2. The summed E-state index contributed by atoms with van der Waals surface area (Å²) in [5.41, 5.74) is 4.67. The van der Waals surface area contributed by atoms with Crippen LogP contribution in [-0.2, 0) is 32.6 Å². The molecule has 2 amide bonds. The molecule has 252 valence electrons. The Bertz CT molecular complexity index is 1820. The minimum Gasteiger partial charge on any atom is -0.352 e. The molecule has 1 N–H and O–H groups in total. The van der Waals surface area contributed by atoms with Crippen molar-refractivity contribution in [2.45, 2.75) is 82.8 Å². The van der Waals surface area contributed by atoms with Gasteiger partial charge < -0.3 is 10.2 Å². The summed E-state index contributed by atoms with van der Waals surface area (Å²) in [4.78, 5) is 30.7. The van der Waals surface area contributed by atoms with Crippen LogP contribution in [0.5, 0.6) is 0 Å². The number of hydrogen-bond acceptors (Lipinski definition) is 4. The highest BCUT2D eigenvalue weighted by molar-refractivity contribution is 9.10. The van der Waals surface area contributed by atoms with Gasteiger partial charge in [0.05, 0.1) is 10.6 Å². The SMILES string of the molecule is Cc1ccc(S(=O)(=O)N(CC(=O)N(Cc2cccc(Br)c2)C(Cc2ccccc2)C(=O)NC2CCCCC2)c2cc(C)ccc2C)cc1. The minimum atomic E-state index is -4.17. The van der Waals surface area contributed by atoms with Crippen molar-refractivity contribution in [2.75, 3.05) is 10.8 Å². The lowest BCUT2D eigenvalue weighted by Crippen LogP contribution is -2.55. The molecule has 5 rings (SSSR count). The van der Waals surface area contributed by atoms with E-state index in [2.05, 4.69) is 21.2 Å². The van der Waals surface area contributed by atoms with E-state index in [1.54, 1.807) is 35.2 Å². The highest BCUT2D eigenvalue weighted by atomic mass is 79.9. The van der Waals surface area contributed by atoms with E-state index >= 15 is 0 Å². The summed E-state index contributed by atoms with van der Waals surface area (Å²) in [6.07, 6.45) is 5.34. The van der Waals surface area contributed by atoms with Crippen LogP contribution in [0.25, 0.3) is 0 Å². The molecule has 9 heteroatoms. The number of halogens is 1. The van der Waals surface area contributed by atoms with Gasteiger partial charge in [0.2, 0.25) is 11.8 Å². The Morgan fingerprint density at radius 2 is 1.48 bits per heavy atom. The maximum Gasteiger partial charge on any atom is 0.264 e. The first-order chi connectivity index (χ1) is 23.0. The van der Waals surface area contributed by atoms with Gasteiger partial charge >= 0.3 is 0 Å². The fourth-order valence-electron chi connectivity index (χ4n) is 6.27. The first-order valence-electron chi connectivity index (χ1n) is 16.6. The molecule has 1 fully saturated rings. The van der Waals surface area contributed by atoms with Gasteiger partial charge in [-0.2, -0.15) is 0 Å². The van der Waals surface area contributed by atoms with Crippen LogP contribution in [0.1, 0.15) is 59.9 Å². The van der Waals surface area contributed by atoms with Crippen molar-refractivity contribution in [1.29, 1.82) is 0 Å². The Kier molecular flexibility index (Phi) is 11.8. The van der Waals surface area contributed by atoms with Crippen LogP contribution >= 0.6 is 15.9 Å². The standard InChI is InChI=1S/C39H44BrN3O4S/c1-28-18-21-35(22-19-28)48(46,47)43(36-23-29(2)17-20-30(36)3)27-38(44)42(26-32-13-10-14-33(40)24-32)37(25-31-11-6-4-7-12-31)39(45)41-34-15-8-5-9-16-34/h4,6-7,10-14,17-24,34,37H,5,8-9,15-16,25-27H2,1-3H3,(H,41,45). The summed E-state index contributed by atoms with van der Waals surface area (Å²) in [6.45, 7) is 5.28. The highest BCUT2D eigenvalue weighted by Gasteiger charge is 2.36. The molecule has 1 saturated carbocycles. The molecule has 0 aromatic heterocycles. The zero-order valence-corrected chi connectivity index (χ0v) is 30.3. The summed E-state index contributed by atoms with van der Waals surface area (Å²) >= 11 is 3.55. The molecular formula is C39H44BrN3O4S. The number of nitrogens with zero attached hydrogens (tertiary/aromatic N) is 2. The highest BCUT2D eigenvalue weighted by Crippen LogP contribution is 2.29. The predicted molar refractivity (Wildman–Crippen MR) is 195 cm³/mol. The van der Waals surface area contributed by atoms with Crippen molar-refractivity contribution in [3.8, 4) is 0 Å². The van der Waals surface area contributed by atoms with Crippen molar-refractivity contribution in [1.82, 2.24) is 10.2 Å². The number of carbonyl (C=O) groups excluding carboxylic acids is 2. The van der Waals surface area contributed by atoms with Crippen LogP contribution in [-0.4, -0.2) is 43.8 Å². The first kappa shape index (κ1) is 35.4. The third kappa shape index (κ3) is 8.94. The van der Waals surface area contributed by atoms with Gasteiger partial charge in [0.25, 0.3) is 10.0 Å². The van der Waals surface area contributed by atoms with E-state index in [1.165, 1.54) is 4.31 Å². The summed E-state index contributed by atoms with van der Waals surface area (Å²) in [5.74, 6) is -0.694. The van der Waals surface area contributed by atoms with Gasteiger partial charge in [-0.15, -0.1) is 0 Å². The zero-order valence-electron chi connectivity index (χ0n) is 27.9. The number of hydrogen-bond donors (Lipinski definition) is 1. The quantitative estimate of drug-likeness (QED) is 0.162. The number of anilines is 1. The lowest BCUT2D eigenvalue weighted by Gasteiger charge is -2.35. The van der Waals surface area contributed by atoms with Crippen LogP contribution < -0.4 is 9.62 Å². The average Bonchev–Trinajstić information content (AvgIpc) is 3.07. The van der Waals surface area contributed by atoms with Crippen molar-refractivity contribution in [3.63, 3.8) is 0 Å². The second-order valence-corrected chi connectivity index (χ2v) is 15.6. The number of sulfonamides is 1. The van der Waals surface area contributed by atoms with Crippen molar-refractivity contribution < 1.29 is 18.0 Å². The van der Waals surface area contributed by atoms with Crippen LogP contribution in [0.3, 0.4) is 0 Å². The lowest BCUT2D eigenvalue weighted by atomic mass is 9.94. The van der Waals surface area contributed by atoms with Gasteiger partial charge in [-0.3, -0.25) is 13.9 Å². The molecule has 0 spiro atoms. The van der Waals surface area contributed by atoms with Gasteiger partial charge in [0, 0.05) is 23.5 Å². The molecule has 1 unspecified atom stereocenters. The van der Waals surface area contributed by atoms with E-state index in [-0.39, 0.29) is 29.8 Å². The molecule has 0 radical (unpaired) electrons. The van der Waals surface area contributed by atoms with E-state index < -0.39 is 28.5 Å². The number of benzene rings is 4. The fraction of sp³-hybridized carbons (Fsp3) is 0.333. The van der Waals surface area contributed by atoms with Crippen molar-refractivity contribution in [3.05, 3.63) is 129 Å². The van der Waals surface area contributed by atoms with E-state index in [0.717, 1.165) is 64.4 Å². The Morgan fingerprint density at radius 3 is 2.17 bits per heavy atom. The molecule has 0 bridgehead atoms. The van der Waals surface area contributed by atoms with Gasteiger partial charge in [-0.25, -0.2) is 8.42 Å². The number of nitrogens with one attached hydrogen (secondary N) is 1. The van der Waals surface area contributed by atoms with Gasteiger partial charge in [0.1, 0.15) is 12.6 Å². The summed E-state index contributed by atoms with van der Waals surface area (Å²) in [5, 5.41) is 3.26. The van der Waals surface area contributed by atoms with E-state index in [0.29, 0.717) is 5.69 Å². The Balaban J connectivity index is 1.59. The molecule has 0 saturated heterocycles. The third-order valence-electron chi connectivity index (χ3n) is 8.99. The summed E-state index contributed by atoms with van der Waals surface area (Å²) < 4.78 is 30.8. The Hall–Kier alpha value is -3.95.